The zero-order valence-electron chi connectivity index (χ0n) is 8.44. The number of halogens is 1. The van der Waals surface area contributed by atoms with Gasteiger partial charge in [0.1, 0.15) is 0 Å². The van der Waals surface area contributed by atoms with Crippen molar-refractivity contribution < 1.29 is 0 Å². The van der Waals surface area contributed by atoms with Crippen LogP contribution in [0.2, 0.25) is 5.02 Å². The summed E-state index contributed by atoms with van der Waals surface area (Å²) in [6.07, 6.45) is 2.47. The summed E-state index contributed by atoms with van der Waals surface area (Å²) in [6, 6.07) is 9.88. The summed E-state index contributed by atoms with van der Waals surface area (Å²) in [4.78, 5) is 0. The highest BCUT2D eigenvalue weighted by atomic mass is 35.5. The van der Waals surface area contributed by atoms with Crippen LogP contribution in [-0.4, -0.2) is 10.2 Å². The van der Waals surface area contributed by atoms with Gasteiger partial charge in [-0.2, -0.15) is 10.2 Å². The van der Waals surface area contributed by atoms with Crippen molar-refractivity contribution in [3.63, 3.8) is 0 Å². The van der Waals surface area contributed by atoms with Crippen LogP contribution in [0.1, 0.15) is 16.8 Å². The van der Waals surface area contributed by atoms with Crippen molar-refractivity contribution in [1.82, 2.24) is 10.2 Å². The molecule has 0 bridgehead atoms. The second-order valence-corrected chi connectivity index (χ2v) is 3.88. The van der Waals surface area contributed by atoms with Gasteiger partial charge in [-0.3, -0.25) is 0 Å². The van der Waals surface area contributed by atoms with Crippen molar-refractivity contribution in [2.24, 2.45) is 0 Å². The normalized spacial score (nSPS) is 10.3. The Kier molecular flexibility index (Phi) is 2.97. The van der Waals surface area contributed by atoms with Crippen LogP contribution >= 0.6 is 11.6 Å². The fourth-order valence-electron chi connectivity index (χ4n) is 1.45. The maximum atomic E-state index is 5.96. The standard InChI is InChI=1S/C12H11ClN2/c1-9-7-10(4-5-12(9)13)8-11-3-2-6-14-15-11/h2-7H,8H2,1H3. The predicted molar refractivity (Wildman–Crippen MR) is 61.0 cm³/mol. The number of hydrogen-bond donors (Lipinski definition) is 0. The fraction of sp³-hybridized carbons (Fsp3) is 0.167. The van der Waals surface area contributed by atoms with Gasteiger partial charge >= 0.3 is 0 Å². The van der Waals surface area contributed by atoms with Crippen molar-refractivity contribution in [2.45, 2.75) is 13.3 Å². The van der Waals surface area contributed by atoms with Gasteiger partial charge in [0.05, 0.1) is 5.69 Å². The van der Waals surface area contributed by atoms with Crippen LogP contribution in [0.4, 0.5) is 0 Å². The van der Waals surface area contributed by atoms with Crippen molar-refractivity contribution in [3.05, 3.63) is 58.4 Å². The molecule has 0 spiro atoms. The van der Waals surface area contributed by atoms with Crippen molar-refractivity contribution in [2.75, 3.05) is 0 Å². The lowest BCUT2D eigenvalue weighted by Crippen LogP contribution is -1.93. The maximum Gasteiger partial charge on any atom is 0.0674 e. The summed E-state index contributed by atoms with van der Waals surface area (Å²) in [6.45, 7) is 2.00. The first-order valence-corrected chi connectivity index (χ1v) is 5.15. The monoisotopic (exact) mass is 218 g/mol. The Morgan fingerprint density at radius 3 is 2.80 bits per heavy atom. The first-order valence-electron chi connectivity index (χ1n) is 4.77. The van der Waals surface area contributed by atoms with E-state index in [1.54, 1.807) is 6.20 Å². The summed E-state index contributed by atoms with van der Waals surface area (Å²) in [7, 11) is 0. The molecule has 15 heavy (non-hydrogen) atoms. The molecule has 0 N–H and O–H groups in total. The lowest BCUT2D eigenvalue weighted by atomic mass is 10.1. The van der Waals surface area contributed by atoms with Crippen LogP contribution in [0.3, 0.4) is 0 Å². The molecular weight excluding hydrogens is 208 g/mol. The number of hydrogen-bond acceptors (Lipinski definition) is 2. The van der Waals surface area contributed by atoms with E-state index >= 15 is 0 Å². The number of aromatic nitrogens is 2. The van der Waals surface area contributed by atoms with Crippen LogP contribution in [0.15, 0.2) is 36.5 Å². The molecule has 0 radical (unpaired) electrons. The molecule has 0 saturated carbocycles. The van der Waals surface area contributed by atoms with Gasteiger partial charge in [-0.15, -0.1) is 0 Å². The SMILES string of the molecule is Cc1cc(Cc2cccnn2)ccc1Cl. The minimum atomic E-state index is 0.797. The van der Waals surface area contributed by atoms with E-state index < -0.39 is 0 Å². The third-order valence-corrected chi connectivity index (χ3v) is 2.66. The fourth-order valence-corrected chi connectivity index (χ4v) is 1.57. The molecule has 0 amide bonds. The van der Waals surface area contributed by atoms with E-state index in [1.165, 1.54) is 5.56 Å². The van der Waals surface area contributed by atoms with Crippen LogP contribution < -0.4 is 0 Å². The molecule has 2 rings (SSSR count). The number of nitrogens with zero attached hydrogens (tertiary/aromatic N) is 2. The van der Waals surface area contributed by atoms with E-state index in [0.29, 0.717) is 0 Å². The van der Waals surface area contributed by atoms with E-state index in [0.717, 1.165) is 22.7 Å². The molecule has 0 aliphatic carbocycles. The van der Waals surface area contributed by atoms with E-state index in [-0.39, 0.29) is 0 Å². The Morgan fingerprint density at radius 2 is 2.13 bits per heavy atom. The molecule has 0 fully saturated rings. The quantitative estimate of drug-likeness (QED) is 0.775. The summed E-state index contributed by atoms with van der Waals surface area (Å²) in [5.74, 6) is 0. The third kappa shape index (κ3) is 2.54. The predicted octanol–water partition coefficient (Wildman–Crippen LogP) is 3.03. The highest BCUT2D eigenvalue weighted by Crippen LogP contribution is 2.17. The van der Waals surface area contributed by atoms with E-state index in [2.05, 4.69) is 16.3 Å². The zero-order chi connectivity index (χ0) is 10.7. The first kappa shape index (κ1) is 10.1. The molecule has 0 unspecified atom stereocenters. The number of rotatable bonds is 2. The van der Waals surface area contributed by atoms with Crippen molar-refractivity contribution >= 4 is 11.6 Å². The van der Waals surface area contributed by atoms with Crippen LogP contribution in [0.5, 0.6) is 0 Å². The molecular formula is C12H11ClN2. The summed E-state index contributed by atoms with van der Waals surface area (Å²) in [5.41, 5.74) is 3.27. The molecule has 0 atom stereocenters. The molecule has 1 heterocycles. The average Bonchev–Trinajstić information content (AvgIpc) is 2.25. The highest BCUT2D eigenvalue weighted by Gasteiger charge is 2.00. The lowest BCUT2D eigenvalue weighted by Gasteiger charge is -2.03. The van der Waals surface area contributed by atoms with Gasteiger partial charge in [0.25, 0.3) is 0 Å². The molecule has 2 nitrogen and oxygen atoms in total. The van der Waals surface area contributed by atoms with Crippen molar-refractivity contribution in [3.8, 4) is 0 Å². The van der Waals surface area contributed by atoms with E-state index in [4.69, 9.17) is 11.6 Å². The molecule has 0 saturated heterocycles. The first-order chi connectivity index (χ1) is 7.25. The third-order valence-electron chi connectivity index (χ3n) is 2.24. The molecule has 3 heteroatoms. The van der Waals surface area contributed by atoms with Crippen LogP contribution in [0.25, 0.3) is 0 Å². The van der Waals surface area contributed by atoms with Gasteiger partial charge < -0.3 is 0 Å². The zero-order valence-corrected chi connectivity index (χ0v) is 9.20. The highest BCUT2D eigenvalue weighted by molar-refractivity contribution is 6.31. The van der Waals surface area contributed by atoms with E-state index in [1.807, 2.05) is 31.2 Å². The molecule has 76 valence electrons. The second-order valence-electron chi connectivity index (χ2n) is 3.48. The molecule has 0 aliphatic rings. The topological polar surface area (TPSA) is 25.8 Å². The Bertz CT molecular complexity index is 454. The summed E-state index contributed by atoms with van der Waals surface area (Å²) >= 11 is 5.96. The summed E-state index contributed by atoms with van der Waals surface area (Å²) in [5, 5.41) is 8.69. The van der Waals surface area contributed by atoms with Gasteiger partial charge in [0, 0.05) is 17.6 Å². The van der Waals surface area contributed by atoms with Crippen LogP contribution in [-0.2, 0) is 6.42 Å². The minimum absolute atomic E-state index is 0.797. The van der Waals surface area contributed by atoms with Gasteiger partial charge in [0.2, 0.25) is 0 Å². The molecule has 1 aromatic carbocycles. The largest absolute Gasteiger partial charge is 0.159 e. The smallest absolute Gasteiger partial charge is 0.0674 e. The Morgan fingerprint density at radius 1 is 1.27 bits per heavy atom. The van der Waals surface area contributed by atoms with Crippen molar-refractivity contribution in [1.29, 1.82) is 0 Å². The Balaban J connectivity index is 2.22. The summed E-state index contributed by atoms with van der Waals surface area (Å²) < 4.78 is 0. The van der Waals surface area contributed by atoms with E-state index in [9.17, 15) is 0 Å². The molecule has 2 aromatic rings. The second kappa shape index (κ2) is 4.41. The van der Waals surface area contributed by atoms with Gasteiger partial charge in [-0.1, -0.05) is 23.7 Å². The van der Waals surface area contributed by atoms with Gasteiger partial charge in [-0.05, 0) is 36.2 Å². The Labute approximate surface area is 93.9 Å². The Hall–Kier alpha value is -1.41. The minimum Gasteiger partial charge on any atom is -0.159 e. The average molecular weight is 219 g/mol. The lowest BCUT2D eigenvalue weighted by molar-refractivity contribution is 0.936. The maximum absolute atomic E-state index is 5.96. The molecule has 0 aliphatic heterocycles. The number of benzene rings is 1. The van der Waals surface area contributed by atoms with Gasteiger partial charge in [0.15, 0.2) is 0 Å². The number of aryl methyl sites for hydroxylation is 1. The molecule has 1 aromatic heterocycles. The van der Waals surface area contributed by atoms with Crippen LogP contribution in [0, 0.1) is 6.92 Å². The van der Waals surface area contributed by atoms with Gasteiger partial charge in [-0.25, -0.2) is 0 Å².